The van der Waals surface area contributed by atoms with Crippen LogP contribution in [0.5, 0.6) is 0 Å². The van der Waals surface area contributed by atoms with Gasteiger partial charge in [0.1, 0.15) is 0 Å². The van der Waals surface area contributed by atoms with Gasteiger partial charge in [-0.1, -0.05) is 37.6 Å². The van der Waals surface area contributed by atoms with E-state index in [4.69, 9.17) is 17.3 Å². The Morgan fingerprint density at radius 3 is 2.33 bits per heavy atom. The quantitative estimate of drug-likeness (QED) is 0.770. The minimum atomic E-state index is -0.0332. The maximum atomic E-state index is 11.9. The van der Waals surface area contributed by atoms with Crippen LogP contribution in [0, 0.1) is 0 Å². The van der Waals surface area contributed by atoms with E-state index in [0.29, 0.717) is 13.0 Å². The van der Waals surface area contributed by atoms with Crippen molar-refractivity contribution in [1.82, 2.24) is 5.32 Å². The average Bonchev–Trinajstić information content (AvgIpc) is 2.48. The molecular formula is C17H27ClN2O. The molecule has 0 aliphatic rings. The van der Waals surface area contributed by atoms with Crippen LogP contribution in [0.4, 0.5) is 0 Å². The molecule has 0 fully saturated rings. The monoisotopic (exact) mass is 310 g/mol. The Hall–Kier alpha value is -1.06. The molecule has 1 atom stereocenters. The van der Waals surface area contributed by atoms with Crippen molar-refractivity contribution in [3.8, 4) is 0 Å². The van der Waals surface area contributed by atoms with Crippen LogP contribution in [0.25, 0.3) is 0 Å². The van der Waals surface area contributed by atoms with E-state index >= 15 is 0 Å². The largest absolute Gasteiger partial charge is 0.355 e. The minimum absolute atomic E-state index is 0.0332. The van der Waals surface area contributed by atoms with Gasteiger partial charge in [0, 0.05) is 29.4 Å². The predicted octanol–water partition coefficient (Wildman–Crippen LogP) is 3.64. The Balaban J connectivity index is 2.72. The second-order valence-electron chi connectivity index (χ2n) is 5.79. The van der Waals surface area contributed by atoms with E-state index in [1.54, 1.807) is 0 Å². The van der Waals surface area contributed by atoms with Crippen LogP contribution in [0.15, 0.2) is 24.3 Å². The highest BCUT2D eigenvalue weighted by Gasteiger charge is 2.28. The molecular weight excluding hydrogens is 284 g/mol. The van der Waals surface area contributed by atoms with Crippen LogP contribution >= 0.6 is 11.6 Å². The van der Waals surface area contributed by atoms with E-state index in [1.807, 2.05) is 19.1 Å². The van der Waals surface area contributed by atoms with Crippen molar-refractivity contribution in [1.29, 1.82) is 0 Å². The summed E-state index contributed by atoms with van der Waals surface area (Å²) >= 11 is 5.96. The third-order valence-corrected chi connectivity index (χ3v) is 4.51. The van der Waals surface area contributed by atoms with Gasteiger partial charge in [-0.2, -0.15) is 0 Å². The molecule has 118 valence electrons. The maximum Gasteiger partial charge on any atom is 0.220 e. The number of hydrogen-bond acceptors (Lipinski definition) is 2. The Bertz CT molecular complexity index is 439. The minimum Gasteiger partial charge on any atom is -0.355 e. The lowest BCUT2D eigenvalue weighted by molar-refractivity contribution is -0.121. The van der Waals surface area contributed by atoms with E-state index < -0.39 is 0 Å². The van der Waals surface area contributed by atoms with E-state index in [-0.39, 0.29) is 17.4 Å². The molecule has 0 aromatic heterocycles. The summed E-state index contributed by atoms with van der Waals surface area (Å²) in [5.74, 6) is 0.0764. The Morgan fingerprint density at radius 1 is 1.29 bits per heavy atom. The Morgan fingerprint density at radius 2 is 1.86 bits per heavy atom. The first-order valence-electron chi connectivity index (χ1n) is 7.72. The fourth-order valence-corrected chi connectivity index (χ4v) is 2.65. The number of nitrogens with one attached hydrogen (secondary N) is 1. The van der Waals surface area contributed by atoms with Crippen molar-refractivity contribution < 1.29 is 4.79 Å². The van der Waals surface area contributed by atoms with Crippen LogP contribution < -0.4 is 11.1 Å². The zero-order valence-corrected chi connectivity index (χ0v) is 14.0. The topological polar surface area (TPSA) is 55.1 Å². The van der Waals surface area contributed by atoms with Gasteiger partial charge in [0.15, 0.2) is 0 Å². The van der Waals surface area contributed by atoms with Crippen LogP contribution in [-0.2, 0) is 10.2 Å². The maximum absolute atomic E-state index is 11.9. The number of hydrogen-bond donors (Lipinski definition) is 2. The number of carbonyl (C=O) groups excluding carboxylic acids is 1. The van der Waals surface area contributed by atoms with Crippen LogP contribution in [0.2, 0.25) is 5.02 Å². The van der Waals surface area contributed by atoms with E-state index in [1.165, 1.54) is 5.56 Å². The fraction of sp³-hybridized carbons (Fsp3) is 0.588. The zero-order chi connectivity index (χ0) is 15.9. The molecule has 3 N–H and O–H groups in total. The Labute approximate surface area is 133 Å². The van der Waals surface area contributed by atoms with Crippen molar-refractivity contribution >= 4 is 17.5 Å². The van der Waals surface area contributed by atoms with Gasteiger partial charge in [-0.15, -0.1) is 0 Å². The second kappa shape index (κ2) is 8.40. The predicted molar refractivity (Wildman–Crippen MR) is 89.6 cm³/mol. The molecule has 0 saturated heterocycles. The standard InChI is InChI=1S/C17H27ClN2O/c1-4-17(5-2,14-7-9-15(18)10-8-14)12-20-16(21)11-6-13(3)19/h7-10,13H,4-6,11-12,19H2,1-3H3,(H,20,21). The zero-order valence-electron chi connectivity index (χ0n) is 13.3. The first kappa shape index (κ1) is 18.0. The van der Waals surface area contributed by atoms with Gasteiger partial charge in [0.2, 0.25) is 5.91 Å². The van der Waals surface area contributed by atoms with Crippen molar-refractivity contribution in [2.24, 2.45) is 5.73 Å². The molecule has 1 aromatic carbocycles. The summed E-state index contributed by atoms with van der Waals surface area (Å²) < 4.78 is 0. The lowest BCUT2D eigenvalue weighted by atomic mass is 9.76. The molecule has 0 aliphatic heterocycles. The highest BCUT2D eigenvalue weighted by molar-refractivity contribution is 6.30. The molecule has 0 heterocycles. The van der Waals surface area contributed by atoms with Crippen LogP contribution in [0.1, 0.15) is 52.0 Å². The molecule has 1 rings (SSSR count). The number of rotatable bonds is 8. The molecule has 3 nitrogen and oxygen atoms in total. The summed E-state index contributed by atoms with van der Waals surface area (Å²) in [5, 5.41) is 3.80. The molecule has 1 amide bonds. The smallest absolute Gasteiger partial charge is 0.220 e. The third-order valence-electron chi connectivity index (χ3n) is 4.26. The molecule has 0 bridgehead atoms. The normalized spacial score (nSPS) is 13.0. The van der Waals surface area contributed by atoms with Gasteiger partial charge in [-0.05, 0) is 43.9 Å². The summed E-state index contributed by atoms with van der Waals surface area (Å²) in [4.78, 5) is 11.9. The summed E-state index contributed by atoms with van der Waals surface area (Å²) in [6.45, 7) is 6.89. The highest BCUT2D eigenvalue weighted by atomic mass is 35.5. The summed E-state index contributed by atoms with van der Waals surface area (Å²) in [5.41, 5.74) is 6.88. The molecule has 1 aromatic rings. The number of amides is 1. The van der Waals surface area contributed by atoms with Gasteiger partial charge >= 0.3 is 0 Å². The van der Waals surface area contributed by atoms with Gasteiger partial charge in [0.05, 0.1) is 0 Å². The number of halogens is 1. The Kier molecular flexibility index (Phi) is 7.20. The lowest BCUT2D eigenvalue weighted by Gasteiger charge is -2.32. The van der Waals surface area contributed by atoms with Crippen molar-refractivity contribution in [3.05, 3.63) is 34.9 Å². The van der Waals surface area contributed by atoms with Gasteiger partial charge in [-0.25, -0.2) is 0 Å². The molecule has 0 radical (unpaired) electrons. The van der Waals surface area contributed by atoms with Crippen molar-refractivity contribution in [3.63, 3.8) is 0 Å². The molecule has 0 saturated carbocycles. The first-order chi connectivity index (χ1) is 9.93. The summed E-state index contributed by atoms with van der Waals surface area (Å²) in [7, 11) is 0. The van der Waals surface area contributed by atoms with Gasteiger partial charge in [0.25, 0.3) is 0 Å². The number of carbonyl (C=O) groups is 1. The number of nitrogens with two attached hydrogens (primary N) is 1. The fourth-order valence-electron chi connectivity index (χ4n) is 2.53. The number of benzene rings is 1. The second-order valence-corrected chi connectivity index (χ2v) is 6.22. The highest BCUT2D eigenvalue weighted by Crippen LogP contribution is 2.31. The molecule has 21 heavy (non-hydrogen) atoms. The average molecular weight is 311 g/mol. The van der Waals surface area contributed by atoms with Gasteiger partial charge in [-0.3, -0.25) is 4.79 Å². The lowest BCUT2D eigenvalue weighted by Crippen LogP contribution is -2.40. The summed E-state index contributed by atoms with van der Waals surface area (Å²) in [6, 6.07) is 8.01. The third kappa shape index (κ3) is 5.33. The first-order valence-corrected chi connectivity index (χ1v) is 8.09. The van der Waals surface area contributed by atoms with E-state index in [9.17, 15) is 4.79 Å². The summed E-state index contributed by atoms with van der Waals surface area (Å²) in [6.07, 6.45) is 3.15. The molecule has 1 unspecified atom stereocenters. The van der Waals surface area contributed by atoms with Crippen LogP contribution in [-0.4, -0.2) is 18.5 Å². The molecule has 0 spiro atoms. The SMILES string of the molecule is CCC(CC)(CNC(=O)CCC(C)N)c1ccc(Cl)cc1. The van der Waals surface area contributed by atoms with E-state index in [0.717, 1.165) is 24.3 Å². The van der Waals surface area contributed by atoms with E-state index in [2.05, 4.69) is 31.3 Å². The van der Waals surface area contributed by atoms with Crippen molar-refractivity contribution in [2.45, 2.75) is 57.9 Å². The van der Waals surface area contributed by atoms with Gasteiger partial charge < -0.3 is 11.1 Å². The van der Waals surface area contributed by atoms with Crippen LogP contribution in [0.3, 0.4) is 0 Å². The molecule has 0 aliphatic carbocycles. The van der Waals surface area contributed by atoms with Crippen molar-refractivity contribution in [2.75, 3.05) is 6.54 Å². The molecule has 4 heteroatoms.